The van der Waals surface area contributed by atoms with Crippen molar-refractivity contribution < 1.29 is 14.3 Å². The van der Waals surface area contributed by atoms with E-state index in [-0.39, 0.29) is 0 Å². The molecule has 0 amide bonds. The topological polar surface area (TPSA) is 35.5 Å². The zero-order valence-corrected chi connectivity index (χ0v) is 9.32. The van der Waals surface area contributed by atoms with Crippen LogP contribution < -0.4 is 4.74 Å². The van der Waals surface area contributed by atoms with Crippen molar-refractivity contribution in [2.45, 2.75) is 32.8 Å². The van der Waals surface area contributed by atoms with Gasteiger partial charge in [-0.25, -0.2) is 4.79 Å². The van der Waals surface area contributed by atoms with E-state index >= 15 is 0 Å². The smallest absolute Gasteiger partial charge is 0.428 e. The second-order valence-electron chi connectivity index (χ2n) is 3.88. The third kappa shape index (κ3) is 4.02. The molecule has 0 N–H and O–H groups in total. The molecule has 0 aliphatic carbocycles. The first kappa shape index (κ1) is 11.6. The molecule has 0 atom stereocenters. The van der Waals surface area contributed by atoms with Crippen molar-refractivity contribution >= 4 is 6.16 Å². The lowest BCUT2D eigenvalue weighted by Gasteiger charge is -2.22. The normalized spacial score (nSPS) is 10.9. The fourth-order valence-electron chi connectivity index (χ4n) is 0.903. The zero-order valence-electron chi connectivity index (χ0n) is 9.32. The summed E-state index contributed by atoms with van der Waals surface area (Å²) in [4.78, 5) is 11.3. The van der Waals surface area contributed by atoms with Gasteiger partial charge in [-0.2, -0.15) is 0 Å². The van der Waals surface area contributed by atoms with Crippen LogP contribution in [0.15, 0.2) is 30.3 Å². The molecule has 1 aromatic rings. The molecule has 0 aromatic heterocycles. The Morgan fingerprint density at radius 2 is 1.87 bits per heavy atom. The minimum absolute atomic E-state index is 0.480. The lowest BCUT2D eigenvalue weighted by molar-refractivity contribution is 0.00707. The first-order chi connectivity index (χ1) is 7.03. The molecule has 0 bridgehead atoms. The number of carbonyl (C=O) groups excluding carboxylic acids is 1. The standard InChI is InChI=1S/C12H16O3/c1-4-12(2,3)15-11(13)14-10-8-6-5-7-9-10/h5-9H,4H2,1-3H3. The van der Waals surface area contributed by atoms with Crippen LogP contribution in [-0.2, 0) is 4.74 Å². The molecule has 82 valence electrons. The van der Waals surface area contributed by atoms with Crippen molar-refractivity contribution in [1.29, 1.82) is 0 Å². The van der Waals surface area contributed by atoms with Crippen LogP contribution in [-0.4, -0.2) is 11.8 Å². The van der Waals surface area contributed by atoms with Crippen LogP contribution in [0.2, 0.25) is 0 Å². The molecule has 3 heteroatoms. The molecule has 1 aromatic carbocycles. The molecule has 0 heterocycles. The van der Waals surface area contributed by atoms with E-state index in [1.54, 1.807) is 24.3 Å². The van der Waals surface area contributed by atoms with Gasteiger partial charge in [-0.15, -0.1) is 0 Å². The van der Waals surface area contributed by atoms with Crippen LogP contribution in [0, 0.1) is 0 Å². The number of hydrogen-bond donors (Lipinski definition) is 0. The van der Waals surface area contributed by atoms with Gasteiger partial charge >= 0.3 is 6.16 Å². The first-order valence-corrected chi connectivity index (χ1v) is 4.99. The van der Waals surface area contributed by atoms with Crippen LogP contribution >= 0.6 is 0 Å². The van der Waals surface area contributed by atoms with Gasteiger partial charge in [-0.3, -0.25) is 0 Å². The van der Waals surface area contributed by atoms with Crippen molar-refractivity contribution in [3.63, 3.8) is 0 Å². The van der Waals surface area contributed by atoms with Gasteiger partial charge in [0.15, 0.2) is 0 Å². The molecule has 0 fully saturated rings. The fourth-order valence-corrected chi connectivity index (χ4v) is 0.903. The largest absolute Gasteiger partial charge is 0.514 e. The molecule has 0 saturated heterocycles. The Hall–Kier alpha value is -1.51. The van der Waals surface area contributed by atoms with Gasteiger partial charge in [0.1, 0.15) is 11.4 Å². The zero-order chi connectivity index (χ0) is 11.3. The molecule has 0 unspecified atom stereocenters. The van der Waals surface area contributed by atoms with Gasteiger partial charge in [-0.1, -0.05) is 25.1 Å². The summed E-state index contributed by atoms with van der Waals surface area (Å²) in [6, 6.07) is 8.87. The summed E-state index contributed by atoms with van der Waals surface area (Å²) >= 11 is 0. The Kier molecular flexibility index (Phi) is 3.72. The van der Waals surface area contributed by atoms with Gasteiger partial charge in [0, 0.05) is 0 Å². The monoisotopic (exact) mass is 208 g/mol. The number of carbonyl (C=O) groups is 1. The predicted molar refractivity (Wildman–Crippen MR) is 57.9 cm³/mol. The van der Waals surface area contributed by atoms with E-state index < -0.39 is 11.8 Å². The Morgan fingerprint density at radius 3 is 2.40 bits per heavy atom. The van der Waals surface area contributed by atoms with Gasteiger partial charge < -0.3 is 9.47 Å². The Morgan fingerprint density at radius 1 is 1.27 bits per heavy atom. The number of para-hydroxylation sites is 1. The van der Waals surface area contributed by atoms with Crippen LogP contribution in [0.4, 0.5) is 4.79 Å². The van der Waals surface area contributed by atoms with Gasteiger partial charge in [-0.05, 0) is 32.4 Å². The summed E-state index contributed by atoms with van der Waals surface area (Å²) in [6.07, 6.45) is 0.0877. The average molecular weight is 208 g/mol. The van der Waals surface area contributed by atoms with E-state index in [1.165, 1.54) is 0 Å². The quantitative estimate of drug-likeness (QED) is 0.564. The maximum Gasteiger partial charge on any atom is 0.514 e. The van der Waals surface area contributed by atoms with E-state index in [0.29, 0.717) is 5.75 Å². The molecular formula is C12H16O3. The highest BCUT2D eigenvalue weighted by Gasteiger charge is 2.21. The third-order valence-electron chi connectivity index (χ3n) is 2.16. The van der Waals surface area contributed by atoms with Crippen LogP contribution in [0.5, 0.6) is 5.75 Å². The summed E-state index contributed by atoms with van der Waals surface area (Å²) in [6.45, 7) is 5.65. The SMILES string of the molecule is CCC(C)(C)OC(=O)Oc1ccccc1. The van der Waals surface area contributed by atoms with Gasteiger partial charge in [0.05, 0.1) is 0 Å². The summed E-state index contributed by atoms with van der Waals surface area (Å²) < 4.78 is 10.1. The Labute approximate surface area is 90.0 Å². The Balaban J connectivity index is 2.51. The predicted octanol–water partition coefficient (Wildman–Crippen LogP) is 3.39. The molecule has 1 rings (SSSR count). The highest BCUT2D eigenvalue weighted by molar-refractivity contribution is 5.64. The minimum Gasteiger partial charge on any atom is -0.428 e. The number of rotatable bonds is 3. The van der Waals surface area contributed by atoms with Crippen molar-refractivity contribution in [2.24, 2.45) is 0 Å². The summed E-state index contributed by atoms with van der Waals surface area (Å²) in [7, 11) is 0. The van der Waals surface area contributed by atoms with Crippen LogP contribution in [0.1, 0.15) is 27.2 Å². The molecule has 0 radical (unpaired) electrons. The molecule has 0 aliphatic heterocycles. The first-order valence-electron chi connectivity index (χ1n) is 4.99. The van der Waals surface area contributed by atoms with E-state index in [0.717, 1.165) is 6.42 Å². The lowest BCUT2D eigenvalue weighted by atomic mass is 10.1. The van der Waals surface area contributed by atoms with Crippen molar-refractivity contribution in [2.75, 3.05) is 0 Å². The molecular weight excluding hydrogens is 192 g/mol. The van der Waals surface area contributed by atoms with E-state index in [1.807, 2.05) is 26.8 Å². The summed E-state index contributed by atoms with van der Waals surface area (Å²) in [5.41, 5.74) is -0.480. The van der Waals surface area contributed by atoms with Crippen LogP contribution in [0.25, 0.3) is 0 Å². The maximum absolute atomic E-state index is 11.3. The molecule has 0 aliphatic rings. The van der Waals surface area contributed by atoms with Crippen molar-refractivity contribution in [3.05, 3.63) is 30.3 Å². The van der Waals surface area contributed by atoms with Crippen LogP contribution in [0.3, 0.4) is 0 Å². The second kappa shape index (κ2) is 4.82. The van der Waals surface area contributed by atoms with Crippen molar-refractivity contribution in [3.8, 4) is 5.75 Å². The highest BCUT2D eigenvalue weighted by atomic mass is 16.7. The molecule has 15 heavy (non-hydrogen) atoms. The van der Waals surface area contributed by atoms with E-state index in [2.05, 4.69) is 0 Å². The average Bonchev–Trinajstić information content (AvgIpc) is 2.18. The fraction of sp³-hybridized carbons (Fsp3) is 0.417. The lowest BCUT2D eigenvalue weighted by Crippen LogP contribution is -2.28. The number of benzene rings is 1. The van der Waals surface area contributed by atoms with Gasteiger partial charge in [0.2, 0.25) is 0 Å². The second-order valence-corrected chi connectivity index (χ2v) is 3.88. The van der Waals surface area contributed by atoms with E-state index in [9.17, 15) is 4.79 Å². The maximum atomic E-state index is 11.3. The summed E-state index contributed by atoms with van der Waals surface area (Å²) in [5, 5.41) is 0. The molecule has 3 nitrogen and oxygen atoms in total. The minimum atomic E-state index is -0.659. The highest BCUT2D eigenvalue weighted by Crippen LogP contribution is 2.16. The Bertz CT molecular complexity index is 317. The number of hydrogen-bond acceptors (Lipinski definition) is 3. The third-order valence-corrected chi connectivity index (χ3v) is 2.16. The van der Waals surface area contributed by atoms with E-state index in [4.69, 9.17) is 9.47 Å². The van der Waals surface area contributed by atoms with Gasteiger partial charge in [0.25, 0.3) is 0 Å². The summed E-state index contributed by atoms with van der Waals surface area (Å²) in [5.74, 6) is 0.495. The molecule has 0 saturated carbocycles. The molecule has 0 spiro atoms. The van der Waals surface area contributed by atoms with Crippen molar-refractivity contribution in [1.82, 2.24) is 0 Å². The number of ether oxygens (including phenoxy) is 2.